The molecule has 2 aromatic rings. The van der Waals surface area contributed by atoms with Crippen molar-refractivity contribution in [3.63, 3.8) is 0 Å². The van der Waals surface area contributed by atoms with E-state index in [0.717, 1.165) is 30.8 Å². The minimum absolute atomic E-state index is 0.00443. The van der Waals surface area contributed by atoms with Gasteiger partial charge in [-0.15, -0.1) is 0 Å². The fourth-order valence-electron chi connectivity index (χ4n) is 3.53. The standard InChI is InChI=1S/C19H23FN4O/c1-13-21-9-8-19(22-13)24-10-4-7-17(23-14(2)25)18(24)12-15-5-3-6-16(20)11-15/h3,5-6,8-9,11,17-18H,4,7,10,12H2,1-2H3,(H,23,25)/t17-,18-/m0/s1. The third-order valence-corrected chi connectivity index (χ3v) is 4.56. The Morgan fingerprint density at radius 3 is 2.96 bits per heavy atom. The number of benzene rings is 1. The summed E-state index contributed by atoms with van der Waals surface area (Å²) in [5, 5.41) is 3.06. The Balaban J connectivity index is 1.92. The van der Waals surface area contributed by atoms with Crippen molar-refractivity contribution in [3.05, 3.63) is 53.7 Å². The summed E-state index contributed by atoms with van der Waals surface area (Å²) in [6.45, 7) is 4.25. The highest BCUT2D eigenvalue weighted by Gasteiger charge is 2.33. The van der Waals surface area contributed by atoms with Crippen molar-refractivity contribution in [2.45, 2.75) is 45.2 Å². The molecule has 25 heavy (non-hydrogen) atoms. The molecule has 2 heterocycles. The molecular formula is C19H23FN4O. The number of carbonyl (C=O) groups excluding carboxylic acids is 1. The third-order valence-electron chi connectivity index (χ3n) is 4.56. The van der Waals surface area contributed by atoms with Gasteiger partial charge in [0, 0.05) is 25.7 Å². The van der Waals surface area contributed by atoms with Gasteiger partial charge in [0.05, 0.1) is 6.04 Å². The fraction of sp³-hybridized carbons (Fsp3) is 0.421. The number of piperidine rings is 1. The van der Waals surface area contributed by atoms with Gasteiger partial charge in [0.1, 0.15) is 17.5 Å². The smallest absolute Gasteiger partial charge is 0.217 e. The van der Waals surface area contributed by atoms with Crippen LogP contribution in [0.5, 0.6) is 0 Å². The second-order valence-electron chi connectivity index (χ2n) is 6.51. The molecule has 1 aliphatic heterocycles. The first-order chi connectivity index (χ1) is 12.0. The van der Waals surface area contributed by atoms with Crippen molar-refractivity contribution in [1.82, 2.24) is 15.3 Å². The van der Waals surface area contributed by atoms with Gasteiger partial charge in [-0.1, -0.05) is 12.1 Å². The molecule has 5 nitrogen and oxygen atoms in total. The van der Waals surface area contributed by atoms with E-state index < -0.39 is 0 Å². The van der Waals surface area contributed by atoms with Gasteiger partial charge in [-0.2, -0.15) is 0 Å². The number of carbonyl (C=O) groups is 1. The topological polar surface area (TPSA) is 58.1 Å². The van der Waals surface area contributed by atoms with E-state index in [4.69, 9.17) is 0 Å². The highest BCUT2D eigenvalue weighted by Crippen LogP contribution is 2.26. The minimum Gasteiger partial charge on any atom is -0.352 e. The molecular weight excluding hydrogens is 319 g/mol. The van der Waals surface area contributed by atoms with E-state index in [1.807, 2.05) is 19.1 Å². The summed E-state index contributed by atoms with van der Waals surface area (Å²) in [6.07, 6.45) is 4.26. The van der Waals surface area contributed by atoms with Crippen LogP contribution in [0.3, 0.4) is 0 Å². The summed E-state index contributed by atoms with van der Waals surface area (Å²) in [5.41, 5.74) is 0.915. The predicted molar refractivity (Wildman–Crippen MR) is 94.8 cm³/mol. The van der Waals surface area contributed by atoms with Gasteiger partial charge < -0.3 is 10.2 Å². The highest BCUT2D eigenvalue weighted by molar-refractivity contribution is 5.73. The van der Waals surface area contributed by atoms with Gasteiger partial charge in [-0.3, -0.25) is 4.79 Å². The van der Waals surface area contributed by atoms with Crippen LogP contribution in [0.2, 0.25) is 0 Å². The molecule has 0 radical (unpaired) electrons. The summed E-state index contributed by atoms with van der Waals surface area (Å²) >= 11 is 0. The van der Waals surface area contributed by atoms with Gasteiger partial charge in [0.15, 0.2) is 0 Å². The minimum atomic E-state index is -0.242. The number of aryl methyl sites for hydroxylation is 1. The van der Waals surface area contributed by atoms with Crippen LogP contribution < -0.4 is 10.2 Å². The van der Waals surface area contributed by atoms with E-state index >= 15 is 0 Å². The molecule has 1 aliphatic rings. The molecule has 1 aromatic heterocycles. The van der Waals surface area contributed by atoms with Crippen molar-refractivity contribution in [3.8, 4) is 0 Å². The van der Waals surface area contributed by atoms with Crippen LogP contribution in [-0.2, 0) is 11.2 Å². The van der Waals surface area contributed by atoms with E-state index in [1.165, 1.54) is 13.0 Å². The normalized spacial score (nSPS) is 20.4. The van der Waals surface area contributed by atoms with Gasteiger partial charge in [0.25, 0.3) is 0 Å². The molecule has 2 atom stereocenters. The van der Waals surface area contributed by atoms with Crippen molar-refractivity contribution < 1.29 is 9.18 Å². The number of aromatic nitrogens is 2. The Morgan fingerprint density at radius 2 is 2.24 bits per heavy atom. The number of hydrogen-bond donors (Lipinski definition) is 1. The van der Waals surface area contributed by atoms with Crippen molar-refractivity contribution >= 4 is 11.7 Å². The van der Waals surface area contributed by atoms with Crippen LogP contribution in [0.25, 0.3) is 0 Å². The first kappa shape index (κ1) is 17.3. The predicted octanol–water partition coefficient (Wildman–Crippen LogP) is 2.64. The first-order valence-electron chi connectivity index (χ1n) is 8.61. The SMILES string of the molecule is CC(=O)N[C@H]1CCCN(c2ccnc(C)n2)[C@H]1Cc1cccc(F)c1. The van der Waals surface area contributed by atoms with Crippen molar-refractivity contribution in [2.75, 3.05) is 11.4 Å². The molecule has 6 heteroatoms. The molecule has 1 aromatic carbocycles. The van der Waals surface area contributed by atoms with Gasteiger partial charge >= 0.3 is 0 Å². The number of nitrogens with one attached hydrogen (secondary N) is 1. The van der Waals surface area contributed by atoms with E-state index in [0.29, 0.717) is 12.2 Å². The summed E-state index contributed by atoms with van der Waals surface area (Å²) in [7, 11) is 0. The largest absolute Gasteiger partial charge is 0.352 e. The van der Waals surface area contributed by atoms with E-state index in [-0.39, 0.29) is 23.8 Å². The zero-order chi connectivity index (χ0) is 17.8. The number of rotatable bonds is 4. The van der Waals surface area contributed by atoms with Crippen molar-refractivity contribution in [1.29, 1.82) is 0 Å². The van der Waals surface area contributed by atoms with E-state index in [2.05, 4.69) is 20.2 Å². The number of hydrogen-bond acceptors (Lipinski definition) is 4. The Hall–Kier alpha value is -2.50. The van der Waals surface area contributed by atoms with Gasteiger partial charge in [-0.25, -0.2) is 14.4 Å². The molecule has 0 aliphatic carbocycles. The summed E-state index contributed by atoms with van der Waals surface area (Å²) in [4.78, 5) is 22.6. The molecule has 0 bridgehead atoms. The molecule has 1 saturated heterocycles. The lowest BCUT2D eigenvalue weighted by Crippen LogP contribution is -2.56. The lowest BCUT2D eigenvalue weighted by molar-refractivity contribution is -0.119. The molecule has 1 fully saturated rings. The van der Waals surface area contributed by atoms with Gasteiger partial charge in [-0.05, 0) is 49.9 Å². The van der Waals surface area contributed by atoms with Crippen LogP contribution in [0.4, 0.5) is 10.2 Å². The Labute approximate surface area is 147 Å². The van der Waals surface area contributed by atoms with Gasteiger partial charge in [0.2, 0.25) is 5.91 Å². The second-order valence-corrected chi connectivity index (χ2v) is 6.51. The average molecular weight is 342 g/mol. The third kappa shape index (κ3) is 4.32. The number of anilines is 1. The summed E-state index contributed by atoms with van der Waals surface area (Å²) in [6, 6.07) is 8.57. The molecule has 132 valence electrons. The van der Waals surface area contributed by atoms with Crippen LogP contribution in [0.15, 0.2) is 36.5 Å². The fourth-order valence-corrected chi connectivity index (χ4v) is 3.53. The lowest BCUT2D eigenvalue weighted by Gasteiger charge is -2.42. The Morgan fingerprint density at radius 1 is 1.40 bits per heavy atom. The van der Waals surface area contributed by atoms with Crippen LogP contribution in [0, 0.1) is 12.7 Å². The number of nitrogens with zero attached hydrogens (tertiary/aromatic N) is 3. The molecule has 0 unspecified atom stereocenters. The van der Waals surface area contributed by atoms with Crippen LogP contribution in [0.1, 0.15) is 31.2 Å². The Bertz CT molecular complexity index is 752. The number of halogens is 1. The maximum atomic E-state index is 13.6. The summed E-state index contributed by atoms with van der Waals surface area (Å²) in [5.74, 6) is 1.27. The monoisotopic (exact) mass is 342 g/mol. The van der Waals surface area contributed by atoms with E-state index in [1.54, 1.807) is 18.3 Å². The van der Waals surface area contributed by atoms with E-state index in [9.17, 15) is 9.18 Å². The highest BCUT2D eigenvalue weighted by atomic mass is 19.1. The molecule has 1 amide bonds. The van der Waals surface area contributed by atoms with Crippen LogP contribution in [-0.4, -0.2) is 34.5 Å². The quantitative estimate of drug-likeness (QED) is 0.928. The maximum Gasteiger partial charge on any atom is 0.217 e. The maximum absolute atomic E-state index is 13.6. The summed E-state index contributed by atoms with van der Waals surface area (Å²) < 4.78 is 13.6. The number of amides is 1. The first-order valence-corrected chi connectivity index (χ1v) is 8.61. The zero-order valence-electron chi connectivity index (χ0n) is 14.6. The molecule has 1 N–H and O–H groups in total. The lowest BCUT2D eigenvalue weighted by atomic mass is 9.90. The Kier molecular flexibility index (Phi) is 5.26. The second kappa shape index (κ2) is 7.59. The average Bonchev–Trinajstić information content (AvgIpc) is 2.56. The molecule has 3 rings (SSSR count). The molecule has 0 spiro atoms. The zero-order valence-corrected chi connectivity index (χ0v) is 14.6. The van der Waals surface area contributed by atoms with Crippen molar-refractivity contribution in [2.24, 2.45) is 0 Å². The molecule has 0 saturated carbocycles. The van der Waals surface area contributed by atoms with Crippen LogP contribution >= 0.6 is 0 Å².